The molecule has 12 heteroatoms. The molecule has 0 radical (unpaired) electrons. The molecule has 12 nitrogen and oxygen atoms in total. The summed E-state index contributed by atoms with van der Waals surface area (Å²) < 4.78 is 16.9. The largest absolute Gasteiger partial charge is 0.459 e. The van der Waals surface area contributed by atoms with Crippen LogP contribution in [0.15, 0.2) is 121 Å². The van der Waals surface area contributed by atoms with Gasteiger partial charge in [0.25, 0.3) is 0 Å². The number of rotatable bonds is 16. The molecule has 0 aliphatic rings. The van der Waals surface area contributed by atoms with Gasteiger partial charge in [-0.25, -0.2) is 14.4 Å². The molecule has 0 fully saturated rings. The van der Waals surface area contributed by atoms with E-state index in [1.54, 1.807) is 76.2 Å². The second-order valence-corrected chi connectivity index (χ2v) is 14.8. The number of carbonyl (C=O) groups is 5. The molecule has 0 heterocycles. The summed E-state index contributed by atoms with van der Waals surface area (Å²) in [5.74, 6) is -3.34. The summed E-state index contributed by atoms with van der Waals surface area (Å²) in [5, 5.41) is 15.9. The monoisotopic (exact) mass is 801 g/mol. The number of alkyl carbamates (subject to hydrolysis) is 1. The first-order chi connectivity index (χ1) is 28.4. The Morgan fingerprint density at radius 2 is 1.32 bits per heavy atom. The van der Waals surface area contributed by atoms with Crippen molar-refractivity contribution in [2.45, 2.75) is 71.1 Å². The Bertz CT molecular complexity index is 2180. The van der Waals surface area contributed by atoms with Crippen LogP contribution >= 0.6 is 0 Å². The van der Waals surface area contributed by atoms with Gasteiger partial charge < -0.3 is 30.0 Å². The number of nitrogens with one attached hydrogen (secondary N) is 2. The van der Waals surface area contributed by atoms with Crippen LogP contribution in [0, 0.1) is 0 Å². The zero-order valence-corrected chi connectivity index (χ0v) is 33.8. The van der Waals surface area contributed by atoms with Gasteiger partial charge in [0.2, 0.25) is 5.91 Å². The molecule has 0 aliphatic heterocycles. The van der Waals surface area contributed by atoms with Crippen molar-refractivity contribution in [3.8, 4) is 0 Å². The molecule has 0 saturated heterocycles. The lowest BCUT2D eigenvalue weighted by molar-refractivity contribution is -0.152. The van der Waals surface area contributed by atoms with Gasteiger partial charge in [-0.3, -0.25) is 14.5 Å². The van der Waals surface area contributed by atoms with Crippen molar-refractivity contribution in [3.63, 3.8) is 0 Å². The minimum Gasteiger partial charge on any atom is -0.459 e. The van der Waals surface area contributed by atoms with Crippen molar-refractivity contribution in [1.29, 1.82) is 0 Å². The highest BCUT2D eigenvalue weighted by Gasteiger charge is 2.33. The maximum atomic E-state index is 14.3. The summed E-state index contributed by atoms with van der Waals surface area (Å²) in [6.07, 6.45) is 0.453. The molecule has 0 saturated carbocycles. The fourth-order valence-electron chi connectivity index (χ4n) is 6.57. The van der Waals surface area contributed by atoms with Crippen LogP contribution in [0.4, 0.5) is 16.2 Å². The molecule has 3 amide bonds. The van der Waals surface area contributed by atoms with Crippen LogP contribution in [-0.2, 0) is 35.0 Å². The third-order valence-corrected chi connectivity index (χ3v) is 9.25. The molecule has 59 heavy (non-hydrogen) atoms. The predicted octanol–water partition coefficient (Wildman–Crippen LogP) is 7.73. The quantitative estimate of drug-likeness (QED) is 0.0393. The number of esters is 2. The Balaban J connectivity index is 1.57. The third-order valence-electron chi connectivity index (χ3n) is 9.25. The highest BCUT2D eigenvalue weighted by molar-refractivity contribution is 6.41. The number of para-hydroxylation sites is 1. The topological polar surface area (TPSA) is 161 Å². The smallest absolute Gasteiger partial charge is 0.408 e. The molecule has 1 atom stereocenters. The van der Waals surface area contributed by atoms with Crippen molar-refractivity contribution in [3.05, 3.63) is 144 Å². The molecule has 5 rings (SSSR count). The van der Waals surface area contributed by atoms with Crippen molar-refractivity contribution in [2.24, 2.45) is 0 Å². The molecular formula is C47H51N3O9. The fourth-order valence-corrected chi connectivity index (χ4v) is 6.57. The molecule has 5 aromatic rings. The molecule has 0 aliphatic carbocycles. The number of ether oxygens (including phenoxy) is 3. The summed E-state index contributed by atoms with van der Waals surface area (Å²) in [6.45, 7) is 7.10. The number of unbranched alkanes of at least 4 members (excludes halogenated alkanes) is 2. The van der Waals surface area contributed by atoms with Gasteiger partial charge in [0.15, 0.2) is 6.10 Å². The first-order valence-corrected chi connectivity index (χ1v) is 19.7. The Hall–Kier alpha value is -6.53. The molecule has 0 bridgehead atoms. The minimum absolute atomic E-state index is 0.0208. The van der Waals surface area contributed by atoms with Crippen molar-refractivity contribution in [2.75, 3.05) is 24.7 Å². The van der Waals surface area contributed by atoms with Gasteiger partial charge in [-0.1, -0.05) is 103 Å². The third kappa shape index (κ3) is 11.8. The lowest BCUT2D eigenvalue weighted by atomic mass is 9.96. The van der Waals surface area contributed by atoms with Crippen LogP contribution in [0.1, 0.15) is 80.1 Å². The van der Waals surface area contributed by atoms with E-state index >= 15 is 0 Å². The van der Waals surface area contributed by atoms with Gasteiger partial charge in [0.1, 0.15) is 11.6 Å². The normalized spacial score (nSPS) is 11.7. The van der Waals surface area contributed by atoms with E-state index in [1.165, 1.54) is 6.07 Å². The number of carbonyl (C=O) groups excluding carboxylic acids is 5. The summed E-state index contributed by atoms with van der Waals surface area (Å²) in [6, 6.07) is 34.4. The average Bonchev–Trinajstić information content (AvgIpc) is 3.23. The highest BCUT2D eigenvalue weighted by atomic mass is 16.6. The Kier molecular flexibility index (Phi) is 15.3. The van der Waals surface area contributed by atoms with E-state index in [2.05, 4.69) is 10.6 Å². The van der Waals surface area contributed by atoms with Crippen molar-refractivity contribution < 1.29 is 43.3 Å². The van der Waals surface area contributed by atoms with Gasteiger partial charge in [-0.15, -0.1) is 0 Å². The van der Waals surface area contributed by atoms with E-state index in [4.69, 9.17) is 19.3 Å². The van der Waals surface area contributed by atoms with E-state index in [1.807, 2.05) is 66.7 Å². The van der Waals surface area contributed by atoms with Crippen LogP contribution in [-0.4, -0.2) is 66.4 Å². The minimum atomic E-state index is -1.13. The Labute approximate surface area is 344 Å². The van der Waals surface area contributed by atoms with Crippen LogP contribution in [0.2, 0.25) is 0 Å². The average molecular weight is 802 g/mol. The predicted molar refractivity (Wildman–Crippen MR) is 225 cm³/mol. The molecule has 3 N–H and O–H groups in total. The van der Waals surface area contributed by atoms with Crippen LogP contribution in [0.25, 0.3) is 10.8 Å². The Morgan fingerprint density at radius 1 is 0.712 bits per heavy atom. The summed E-state index contributed by atoms with van der Waals surface area (Å²) in [7, 11) is 0. The van der Waals surface area contributed by atoms with E-state index < -0.39 is 47.6 Å². The maximum absolute atomic E-state index is 14.3. The van der Waals surface area contributed by atoms with E-state index in [9.17, 15) is 24.0 Å². The van der Waals surface area contributed by atoms with Crippen LogP contribution in [0.5, 0.6) is 0 Å². The van der Waals surface area contributed by atoms with E-state index in [-0.39, 0.29) is 36.6 Å². The van der Waals surface area contributed by atoms with Crippen LogP contribution < -0.4 is 15.5 Å². The van der Waals surface area contributed by atoms with Gasteiger partial charge >= 0.3 is 23.9 Å². The van der Waals surface area contributed by atoms with E-state index in [0.29, 0.717) is 35.7 Å². The molecule has 5 aromatic carbocycles. The zero-order chi connectivity index (χ0) is 42.4. The lowest BCUT2D eigenvalue weighted by Gasteiger charge is -2.27. The second kappa shape index (κ2) is 20.8. The summed E-state index contributed by atoms with van der Waals surface area (Å²) in [5.41, 5.74) is 1.67. The summed E-state index contributed by atoms with van der Waals surface area (Å²) >= 11 is 0. The number of hydrogen-bond donors (Lipinski definition) is 3. The zero-order valence-electron chi connectivity index (χ0n) is 33.8. The molecule has 0 unspecified atom stereocenters. The number of fused-ring (bicyclic) bond motifs is 1. The maximum Gasteiger partial charge on any atom is 0.408 e. The van der Waals surface area contributed by atoms with Gasteiger partial charge in [-0.05, 0) is 87.2 Å². The number of aliphatic hydroxyl groups is 1. The first kappa shape index (κ1) is 43.6. The number of aliphatic hydroxyl groups excluding tert-OH is 1. The number of anilines is 2. The molecular weight excluding hydrogens is 751 g/mol. The van der Waals surface area contributed by atoms with E-state index in [0.717, 1.165) is 22.4 Å². The molecule has 0 spiro atoms. The number of nitrogens with zero attached hydrogens (tertiary/aromatic N) is 1. The van der Waals surface area contributed by atoms with Crippen LogP contribution in [0.3, 0.4) is 0 Å². The second-order valence-electron chi connectivity index (χ2n) is 14.8. The molecule has 0 aromatic heterocycles. The molecule has 308 valence electrons. The highest BCUT2D eigenvalue weighted by Crippen LogP contribution is 2.38. The standard InChI is InChI=1S/C47H51N3O9/c1-5-57-45(55)43(53)50(39-26-16-15-25-37(39)44(54)58-41(32-19-9-6-10-20-32)33-21-11-7-12-22-33)40-28-27-34(35-23-13-14-24-36(35)40)31-38(49-46(56)59-47(2,3)4)42(52)48-29-17-8-18-30-51/h6-7,9-16,19-28,38,41,51H,5,8,17-18,29-31H2,1-4H3,(H,48,52)(H,49,56)/t38-/m0/s1. The SMILES string of the molecule is CCOC(=O)C(=O)N(c1ccccc1C(=O)OC(c1ccccc1)c1ccccc1)c1ccc(C[C@H](NC(=O)OC(C)(C)C)C(=O)NCCCCCO)c2ccccc12. The van der Waals surface area contributed by atoms with Gasteiger partial charge in [0.05, 0.1) is 23.5 Å². The first-order valence-electron chi connectivity index (χ1n) is 19.7. The summed E-state index contributed by atoms with van der Waals surface area (Å²) in [4.78, 5) is 69.6. The van der Waals surface area contributed by atoms with Gasteiger partial charge in [-0.2, -0.15) is 0 Å². The lowest BCUT2D eigenvalue weighted by Crippen LogP contribution is -2.49. The number of benzene rings is 5. The number of hydrogen-bond acceptors (Lipinski definition) is 9. The van der Waals surface area contributed by atoms with Crippen molar-refractivity contribution in [1.82, 2.24) is 10.6 Å². The van der Waals surface area contributed by atoms with Gasteiger partial charge in [0, 0.05) is 25.0 Å². The Morgan fingerprint density at radius 3 is 1.95 bits per heavy atom. The van der Waals surface area contributed by atoms with Crippen molar-refractivity contribution >= 4 is 52.0 Å². The number of amides is 3. The fraction of sp³-hybridized carbons (Fsp3) is 0.298.